The Morgan fingerprint density at radius 2 is 2.17 bits per heavy atom. The van der Waals surface area contributed by atoms with Crippen molar-refractivity contribution in [1.29, 1.82) is 0 Å². The van der Waals surface area contributed by atoms with Gasteiger partial charge in [0, 0.05) is 35.9 Å². The van der Waals surface area contributed by atoms with E-state index in [-0.39, 0.29) is 0 Å². The van der Waals surface area contributed by atoms with Gasteiger partial charge >= 0.3 is 0 Å². The first-order valence-corrected chi connectivity index (χ1v) is 8.45. The molecule has 1 rings (SSSR count). The smallest absolute Gasteiger partial charge is 0.0863 e. The zero-order chi connectivity index (χ0) is 13.5. The maximum absolute atomic E-state index is 10.9. The van der Waals surface area contributed by atoms with Gasteiger partial charge < -0.3 is 5.32 Å². The molecule has 1 aromatic rings. The molecule has 0 radical (unpaired) electrons. The minimum atomic E-state index is -0.705. The second-order valence-corrected chi connectivity index (χ2v) is 6.12. The number of nitrogens with one attached hydrogen (secondary N) is 1. The summed E-state index contributed by atoms with van der Waals surface area (Å²) < 4.78 is 12.9. The molecule has 0 saturated heterocycles. The molecule has 4 nitrogen and oxygen atoms in total. The van der Waals surface area contributed by atoms with Crippen LogP contribution in [-0.2, 0) is 30.3 Å². The highest BCUT2D eigenvalue weighted by Gasteiger charge is 2.13. The molecule has 0 fully saturated rings. The summed E-state index contributed by atoms with van der Waals surface area (Å²) in [5, 5.41) is 8.58. The Bertz CT molecular complexity index is 406. The zero-order valence-corrected chi connectivity index (χ0v) is 12.9. The number of hydrogen-bond donors (Lipinski definition) is 1. The van der Waals surface area contributed by atoms with Gasteiger partial charge in [0.25, 0.3) is 0 Å². The zero-order valence-electron chi connectivity index (χ0n) is 11.3. The fourth-order valence-electron chi connectivity index (χ4n) is 1.79. The van der Waals surface area contributed by atoms with Crippen molar-refractivity contribution in [2.24, 2.45) is 0 Å². The molecule has 6 heteroatoms. The Kier molecular flexibility index (Phi) is 6.89. The minimum Gasteiger partial charge on any atom is -0.311 e. The van der Waals surface area contributed by atoms with E-state index in [2.05, 4.69) is 24.3 Å². The van der Waals surface area contributed by atoms with Crippen LogP contribution in [0.2, 0.25) is 5.02 Å². The Hall–Kier alpha value is -0.390. The number of halogens is 1. The first-order chi connectivity index (χ1) is 8.60. The molecule has 0 aliphatic heterocycles. The molecule has 1 unspecified atom stereocenters. The van der Waals surface area contributed by atoms with Crippen molar-refractivity contribution in [2.45, 2.75) is 39.8 Å². The van der Waals surface area contributed by atoms with Gasteiger partial charge in [0.15, 0.2) is 0 Å². The normalized spacial score (nSPS) is 12.9. The van der Waals surface area contributed by atoms with Gasteiger partial charge in [-0.25, -0.2) is 0 Å². The van der Waals surface area contributed by atoms with Crippen LogP contribution >= 0.6 is 11.6 Å². The lowest BCUT2D eigenvalue weighted by molar-refractivity contribution is 0.576. The molecule has 0 saturated carbocycles. The van der Waals surface area contributed by atoms with Crippen molar-refractivity contribution in [3.63, 3.8) is 0 Å². The molecule has 1 N–H and O–H groups in total. The Balaban J connectivity index is 2.50. The lowest BCUT2D eigenvalue weighted by Gasteiger charge is -2.07. The third-order valence-electron chi connectivity index (χ3n) is 2.77. The predicted octanol–water partition coefficient (Wildman–Crippen LogP) is 1.98. The van der Waals surface area contributed by atoms with Crippen LogP contribution in [0.5, 0.6) is 0 Å². The summed E-state index contributed by atoms with van der Waals surface area (Å²) in [6, 6.07) is 0. The average molecular weight is 292 g/mol. The minimum absolute atomic E-state index is 0.705. The average Bonchev–Trinajstić information content (AvgIpc) is 2.65. The van der Waals surface area contributed by atoms with Gasteiger partial charge in [0.1, 0.15) is 0 Å². The molecule has 0 aliphatic rings. The third-order valence-corrected chi connectivity index (χ3v) is 4.07. The van der Waals surface area contributed by atoms with Crippen molar-refractivity contribution >= 4 is 22.4 Å². The molecule has 104 valence electrons. The molecular weight excluding hydrogens is 270 g/mol. The van der Waals surface area contributed by atoms with Crippen LogP contribution in [0.15, 0.2) is 0 Å². The summed E-state index contributed by atoms with van der Waals surface area (Å²) in [5.74, 6) is 0.744. The molecule has 0 aromatic carbocycles. The standard InChI is InChI=1S/C12H22ClN3OS/c1-4-10-12(13)11(16(5-2)15-10)9-14-7-6-8-18(3)17/h14H,4-9H2,1-3H3. The van der Waals surface area contributed by atoms with Gasteiger partial charge in [-0.15, -0.1) is 0 Å². The van der Waals surface area contributed by atoms with Crippen LogP contribution in [-0.4, -0.2) is 32.5 Å². The summed E-state index contributed by atoms with van der Waals surface area (Å²) in [5.41, 5.74) is 2.01. The first-order valence-electron chi connectivity index (χ1n) is 6.34. The first kappa shape index (κ1) is 15.7. The van der Waals surface area contributed by atoms with E-state index >= 15 is 0 Å². The van der Waals surface area contributed by atoms with Crippen LogP contribution in [0.25, 0.3) is 0 Å². The Morgan fingerprint density at radius 1 is 1.44 bits per heavy atom. The van der Waals surface area contributed by atoms with E-state index in [1.54, 1.807) is 6.26 Å². The van der Waals surface area contributed by atoms with Gasteiger partial charge in [0.05, 0.1) is 16.4 Å². The lowest BCUT2D eigenvalue weighted by Crippen LogP contribution is -2.19. The van der Waals surface area contributed by atoms with E-state index in [0.29, 0.717) is 0 Å². The van der Waals surface area contributed by atoms with Crippen LogP contribution in [0, 0.1) is 0 Å². The van der Waals surface area contributed by atoms with Gasteiger partial charge in [-0.1, -0.05) is 18.5 Å². The lowest BCUT2D eigenvalue weighted by atomic mass is 10.3. The van der Waals surface area contributed by atoms with Crippen molar-refractivity contribution in [3.05, 3.63) is 16.4 Å². The van der Waals surface area contributed by atoms with E-state index in [4.69, 9.17) is 11.6 Å². The fraction of sp³-hybridized carbons (Fsp3) is 0.750. The molecule has 1 aromatic heterocycles. The largest absolute Gasteiger partial charge is 0.311 e. The van der Waals surface area contributed by atoms with Crippen LogP contribution in [0.3, 0.4) is 0 Å². The van der Waals surface area contributed by atoms with E-state index < -0.39 is 10.8 Å². The number of hydrogen-bond acceptors (Lipinski definition) is 3. The fourth-order valence-corrected chi connectivity index (χ4v) is 2.68. The van der Waals surface area contributed by atoms with E-state index in [0.717, 1.165) is 54.6 Å². The highest BCUT2D eigenvalue weighted by atomic mass is 35.5. The maximum atomic E-state index is 10.9. The Morgan fingerprint density at radius 3 is 2.72 bits per heavy atom. The quantitative estimate of drug-likeness (QED) is 0.745. The highest BCUT2D eigenvalue weighted by Crippen LogP contribution is 2.21. The van der Waals surface area contributed by atoms with Crippen LogP contribution in [0.4, 0.5) is 0 Å². The number of nitrogens with zero attached hydrogens (tertiary/aromatic N) is 2. The molecule has 1 atom stereocenters. The van der Waals surface area contributed by atoms with Crippen molar-refractivity contribution in [1.82, 2.24) is 15.1 Å². The maximum Gasteiger partial charge on any atom is 0.0863 e. The van der Waals surface area contributed by atoms with Gasteiger partial charge in [-0.3, -0.25) is 8.89 Å². The topological polar surface area (TPSA) is 46.9 Å². The molecule has 0 amide bonds. The number of rotatable bonds is 8. The summed E-state index contributed by atoms with van der Waals surface area (Å²) >= 11 is 6.30. The third kappa shape index (κ3) is 4.37. The van der Waals surface area contributed by atoms with Crippen LogP contribution in [0.1, 0.15) is 31.7 Å². The predicted molar refractivity (Wildman–Crippen MR) is 77.5 cm³/mol. The van der Waals surface area contributed by atoms with Gasteiger partial charge in [-0.05, 0) is 26.3 Å². The van der Waals surface area contributed by atoms with Gasteiger partial charge in [0.2, 0.25) is 0 Å². The van der Waals surface area contributed by atoms with E-state index in [1.807, 2.05) is 4.68 Å². The van der Waals surface area contributed by atoms with Crippen molar-refractivity contribution < 1.29 is 4.21 Å². The second-order valence-electron chi connectivity index (χ2n) is 4.18. The number of aryl methyl sites for hydroxylation is 2. The molecule has 0 spiro atoms. The van der Waals surface area contributed by atoms with E-state index in [1.165, 1.54) is 0 Å². The van der Waals surface area contributed by atoms with Crippen molar-refractivity contribution in [3.8, 4) is 0 Å². The number of aromatic nitrogens is 2. The van der Waals surface area contributed by atoms with Crippen molar-refractivity contribution in [2.75, 3.05) is 18.6 Å². The molecular formula is C12H22ClN3OS. The SMILES string of the molecule is CCc1nn(CC)c(CNCCCS(C)=O)c1Cl. The molecule has 1 heterocycles. The molecule has 18 heavy (non-hydrogen) atoms. The highest BCUT2D eigenvalue weighted by molar-refractivity contribution is 7.84. The summed E-state index contributed by atoms with van der Waals surface area (Å²) in [7, 11) is -0.705. The summed E-state index contributed by atoms with van der Waals surface area (Å²) in [6.45, 7) is 6.52. The summed E-state index contributed by atoms with van der Waals surface area (Å²) in [6.07, 6.45) is 3.51. The van der Waals surface area contributed by atoms with Crippen LogP contribution < -0.4 is 5.32 Å². The monoisotopic (exact) mass is 291 g/mol. The van der Waals surface area contributed by atoms with E-state index in [9.17, 15) is 4.21 Å². The second kappa shape index (κ2) is 7.92. The van der Waals surface area contributed by atoms with Gasteiger partial charge in [-0.2, -0.15) is 5.10 Å². The molecule has 0 aliphatic carbocycles. The molecule has 0 bridgehead atoms. The summed E-state index contributed by atoms with van der Waals surface area (Å²) in [4.78, 5) is 0. The Labute approximate surface area is 117 Å².